The largest absolute Gasteiger partial charge is 0.315 e. The predicted octanol–water partition coefficient (Wildman–Crippen LogP) is 4.78. The van der Waals surface area contributed by atoms with Crippen LogP contribution in [0.2, 0.25) is 0 Å². The molecule has 1 aromatic carbocycles. The summed E-state index contributed by atoms with van der Waals surface area (Å²) in [5, 5.41) is 0. The fourth-order valence-corrected chi connectivity index (χ4v) is 3.49. The van der Waals surface area contributed by atoms with Crippen LogP contribution in [0.3, 0.4) is 0 Å². The molecule has 2 rings (SSSR count). The van der Waals surface area contributed by atoms with Gasteiger partial charge in [0.1, 0.15) is 5.78 Å². The van der Waals surface area contributed by atoms with E-state index in [4.69, 9.17) is 0 Å². The number of hydrogen-bond acceptors (Lipinski definition) is 2. The van der Waals surface area contributed by atoms with Crippen LogP contribution in [0.4, 0.5) is 5.69 Å². The summed E-state index contributed by atoms with van der Waals surface area (Å²) in [7, 11) is 1.85. The van der Waals surface area contributed by atoms with Gasteiger partial charge >= 0.3 is 0 Å². The maximum atomic E-state index is 13.1. The van der Waals surface area contributed by atoms with Gasteiger partial charge in [-0.3, -0.25) is 9.59 Å². The van der Waals surface area contributed by atoms with Crippen LogP contribution in [0.1, 0.15) is 65.4 Å². The van der Waals surface area contributed by atoms with Gasteiger partial charge < -0.3 is 4.90 Å². The molecular weight excluding hydrogens is 298 g/mol. The van der Waals surface area contributed by atoms with E-state index in [1.54, 1.807) is 4.90 Å². The minimum Gasteiger partial charge on any atom is -0.315 e. The van der Waals surface area contributed by atoms with Crippen LogP contribution in [0, 0.1) is 10.8 Å². The first kappa shape index (κ1) is 18.7. The lowest BCUT2D eigenvalue weighted by Crippen LogP contribution is -2.42. The lowest BCUT2D eigenvalue weighted by atomic mass is 9.74. The highest BCUT2D eigenvalue weighted by Gasteiger charge is 2.37. The summed E-state index contributed by atoms with van der Waals surface area (Å²) in [6, 6.07) is 7.80. The van der Waals surface area contributed by atoms with E-state index in [0.29, 0.717) is 6.42 Å². The van der Waals surface area contributed by atoms with E-state index in [0.717, 1.165) is 36.9 Å². The Morgan fingerprint density at radius 2 is 1.67 bits per heavy atom. The third-order valence-corrected chi connectivity index (χ3v) is 5.32. The van der Waals surface area contributed by atoms with Gasteiger partial charge in [-0.15, -0.1) is 0 Å². The minimum atomic E-state index is -0.370. The molecule has 1 aliphatic rings. The van der Waals surface area contributed by atoms with E-state index in [-0.39, 0.29) is 22.5 Å². The molecule has 0 spiro atoms. The quantitative estimate of drug-likeness (QED) is 0.797. The van der Waals surface area contributed by atoms with Gasteiger partial charge in [-0.05, 0) is 24.5 Å². The molecule has 1 amide bonds. The molecule has 0 saturated heterocycles. The van der Waals surface area contributed by atoms with E-state index in [1.807, 2.05) is 52.1 Å². The molecule has 0 heterocycles. The molecule has 0 atom stereocenters. The monoisotopic (exact) mass is 329 g/mol. The van der Waals surface area contributed by atoms with Gasteiger partial charge in [-0.25, -0.2) is 0 Å². The molecule has 1 aliphatic carbocycles. The van der Waals surface area contributed by atoms with Crippen molar-refractivity contribution in [2.45, 2.75) is 66.2 Å². The first-order valence-corrected chi connectivity index (χ1v) is 9.04. The summed E-state index contributed by atoms with van der Waals surface area (Å²) in [4.78, 5) is 27.3. The van der Waals surface area contributed by atoms with Crippen molar-refractivity contribution in [3.05, 3.63) is 29.8 Å². The van der Waals surface area contributed by atoms with E-state index in [1.165, 1.54) is 6.42 Å². The Labute approximate surface area is 146 Å². The smallest absolute Gasteiger partial charge is 0.232 e. The van der Waals surface area contributed by atoms with Gasteiger partial charge in [0.15, 0.2) is 0 Å². The maximum Gasteiger partial charge on any atom is 0.232 e. The zero-order valence-electron chi connectivity index (χ0n) is 15.8. The van der Waals surface area contributed by atoms with Crippen molar-refractivity contribution in [2.75, 3.05) is 11.9 Å². The molecule has 3 heteroatoms. The predicted molar refractivity (Wildman–Crippen MR) is 99.2 cm³/mol. The second-order valence-corrected chi connectivity index (χ2v) is 8.46. The molecule has 0 radical (unpaired) electrons. The Hall–Kier alpha value is -1.64. The summed E-state index contributed by atoms with van der Waals surface area (Å²) in [6.45, 7) is 7.91. The normalized spacial score (nSPS) is 17.4. The number of anilines is 1. The molecule has 1 fully saturated rings. The number of para-hydroxylation sites is 1. The Morgan fingerprint density at radius 3 is 2.25 bits per heavy atom. The number of ketones is 1. The summed E-state index contributed by atoms with van der Waals surface area (Å²) in [5.41, 5.74) is 1.17. The molecule has 1 saturated carbocycles. The summed E-state index contributed by atoms with van der Waals surface area (Å²) in [5.74, 6) is 0.373. The first-order valence-electron chi connectivity index (χ1n) is 9.04. The van der Waals surface area contributed by atoms with Crippen molar-refractivity contribution in [2.24, 2.45) is 10.8 Å². The molecule has 3 nitrogen and oxygen atoms in total. The van der Waals surface area contributed by atoms with Crippen LogP contribution >= 0.6 is 0 Å². The molecule has 132 valence electrons. The highest BCUT2D eigenvalue weighted by molar-refractivity contribution is 5.98. The van der Waals surface area contributed by atoms with Crippen LogP contribution in [-0.2, 0) is 16.0 Å². The second-order valence-electron chi connectivity index (χ2n) is 8.46. The standard InChI is InChI=1S/C21H31NO2/c1-20(2,3)18(23)15-16-11-7-8-12-17(16)22(5)19(24)21(4)13-9-6-10-14-21/h7-8,11-12H,6,9-10,13-15H2,1-5H3. The van der Waals surface area contributed by atoms with E-state index >= 15 is 0 Å². The topological polar surface area (TPSA) is 37.4 Å². The van der Waals surface area contributed by atoms with Crippen molar-refractivity contribution in [3.8, 4) is 0 Å². The molecule has 24 heavy (non-hydrogen) atoms. The number of carbonyl (C=O) groups excluding carboxylic acids is 2. The van der Waals surface area contributed by atoms with Crippen LogP contribution in [-0.4, -0.2) is 18.7 Å². The van der Waals surface area contributed by atoms with Crippen molar-refractivity contribution < 1.29 is 9.59 Å². The Balaban J connectivity index is 2.25. The molecule has 1 aromatic rings. The van der Waals surface area contributed by atoms with Crippen molar-refractivity contribution in [1.29, 1.82) is 0 Å². The lowest BCUT2D eigenvalue weighted by molar-refractivity contribution is -0.129. The average Bonchev–Trinajstić information content (AvgIpc) is 2.54. The highest BCUT2D eigenvalue weighted by atomic mass is 16.2. The number of nitrogens with zero attached hydrogens (tertiary/aromatic N) is 1. The van der Waals surface area contributed by atoms with E-state index < -0.39 is 0 Å². The number of benzene rings is 1. The summed E-state index contributed by atoms with van der Waals surface area (Å²) < 4.78 is 0. The van der Waals surface area contributed by atoms with Crippen molar-refractivity contribution in [3.63, 3.8) is 0 Å². The number of hydrogen-bond donors (Lipinski definition) is 0. The van der Waals surface area contributed by atoms with Gasteiger partial charge in [-0.1, -0.05) is 65.2 Å². The Morgan fingerprint density at radius 1 is 1.08 bits per heavy atom. The Bertz CT molecular complexity index is 607. The molecule has 0 bridgehead atoms. The Kier molecular flexibility index (Phi) is 5.52. The van der Waals surface area contributed by atoms with Gasteiger partial charge in [0, 0.05) is 30.0 Å². The van der Waals surface area contributed by atoms with Crippen LogP contribution < -0.4 is 4.90 Å². The van der Waals surface area contributed by atoms with Crippen LogP contribution in [0.5, 0.6) is 0 Å². The minimum absolute atomic E-state index is 0.179. The van der Waals surface area contributed by atoms with Crippen molar-refractivity contribution >= 4 is 17.4 Å². The van der Waals surface area contributed by atoms with Crippen molar-refractivity contribution in [1.82, 2.24) is 0 Å². The van der Waals surface area contributed by atoms with Gasteiger partial charge in [0.25, 0.3) is 0 Å². The molecule has 0 aliphatic heterocycles. The third kappa shape index (κ3) is 4.06. The van der Waals surface area contributed by atoms with Crippen LogP contribution in [0.15, 0.2) is 24.3 Å². The SMILES string of the molecule is CN(C(=O)C1(C)CCCCC1)c1ccccc1CC(=O)C(C)(C)C. The molecule has 0 N–H and O–H groups in total. The summed E-state index contributed by atoms with van der Waals surface area (Å²) >= 11 is 0. The van der Waals surface area contributed by atoms with Gasteiger partial charge in [0.05, 0.1) is 0 Å². The number of rotatable bonds is 4. The summed E-state index contributed by atoms with van der Waals surface area (Å²) in [6.07, 6.45) is 5.76. The lowest BCUT2D eigenvalue weighted by Gasteiger charge is -2.36. The first-order chi connectivity index (χ1) is 11.1. The zero-order chi connectivity index (χ0) is 18.0. The van der Waals surface area contributed by atoms with E-state index in [2.05, 4.69) is 6.92 Å². The second kappa shape index (κ2) is 7.08. The zero-order valence-corrected chi connectivity index (χ0v) is 15.8. The molecule has 0 aromatic heterocycles. The number of Topliss-reactive ketones (excluding diaryl/α,β-unsaturated/α-hetero) is 1. The van der Waals surface area contributed by atoms with Crippen LogP contribution in [0.25, 0.3) is 0 Å². The fraction of sp³-hybridized carbons (Fsp3) is 0.619. The van der Waals surface area contributed by atoms with Gasteiger partial charge in [-0.2, -0.15) is 0 Å². The highest BCUT2D eigenvalue weighted by Crippen LogP contribution is 2.38. The third-order valence-electron chi connectivity index (χ3n) is 5.32. The van der Waals surface area contributed by atoms with E-state index in [9.17, 15) is 9.59 Å². The molecular formula is C21H31NO2. The maximum absolute atomic E-state index is 13.1. The average molecular weight is 329 g/mol. The number of amides is 1. The fourth-order valence-electron chi connectivity index (χ4n) is 3.49. The molecule has 0 unspecified atom stereocenters. The number of carbonyl (C=O) groups is 2. The van der Waals surface area contributed by atoms with Gasteiger partial charge in [0.2, 0.25) is 5.91 Å².